The highest BCUT2D eigenvalue weighted by molar-refractivity contribution is 8.01. The highest BCUT2D eigenvalue weighted by Gasteiger charge is 2.28. The Bertz CT molecular complexity index is 792. The number of carbonyl (C=O) groups excluding carboxylic acids is 2. The van der Waals surface area contributed by atoms with Crippen LogP contribution in [-0.4, -0.2) is 36.3 Å². The standard InChI is InChI=1S/C18H20N4O2S2/c23-15(20-11-5-8-19-9-6-11)12-7-10-25-17(12)22-16(24)18-21-13-3-1-2-4-14(13)26-18/h1-4,7,10-11,18-19,21H,5-6,8-9H2,(H,20,23)(H,22,24). The molecule has 1 fully saturated rings. The van der Waals surface area contributed by atoms with E-state index in [0.29, 0.717) is 10.6 Å². The molecule has 3 heterocycles. The molecule has 1 unspecified atom stereocenters. The molecule has 26 heavy (non-hydrogen) atoms. The molecule has 136 valence electrons. The lowest BCUT2D eigenvalue weighted by Crippen LogP contribution is -2.42. The molecule has 2 aliphatic heterocycles. The number of rotatable bonds is 4. The Morgan fingerprint density at radius 2 is 1.92 bits per heavy atom. The third-order valence-corrected chi connectivity index (χ3v) is 6.48. The Morgan fingerprint density at radius 1 is 1.12 bits per heavy atom. The molecule has 6 nitrogen and oxygen atoms in total. The number of amides is 2. The third-order valence-electron chi connectivity index (χ3n) is 4.48. The van der Waals surface area contributed by atoms with Gasteiger partial charge in [-0.25, -0.2) is 0 Å². The van der Waals surface area contributed by atoms with Crippen molar-refractivity contribution in [2.45, 2.75) is 29.2 Å². The number of para-hydroxylation sites is 1. The summed E-state index contributed by atoms with van der Waals surface area (Å²) < 4.78 is 0. The molecule has 0 radical (unpaired) electrons. The van der Waals surface area contributed by atoms with Gasteiger partial charge in [0.2, 0.25) is 0 Å². The van der Waals surface area contributed by atoms with Crippen LogP contribution in [0.5, 0.6) is 0 Å². The number of carbonyl (C=O) groups is 2. The Kier molecular flexibility index (Phi) is 5.14. The average molecular weight is 389 g/mol. The predicted octanol–water partition coefficient (Wildman–Crippen LogP) is 2.71. The SMILES string of the molecule is O=C(NC1CCNCC1)c1ccsc1NC(=O)C1Nc2ccccc2S1. The minimum absolute atomic E-state index is 0.122. The monoisotopic (exact) mass is 388 g/mol. The lowest BCUT2D eigenvalue weighted by Gasteiger charge is -2.23. The second-order valence-corrected chi connectivity index (χ2v) is 8.35. The predicted molar refractivity (Wildman–Crippen MR) is 106 cm³/mol. The van der Waals surface area contributed by atoms with Crippen molar-refractivity contribution in [2.24, 2.45) is 0 Å². The van der Waals surface area contributed by atoms with Crippen LogP contribution in [0, 0.1) is 0 Å². The summed E-state index contributed by atoms with van der Waals surface area (Å²) >= 11 is 2.85. The number of piperidine rings is 1. The van der Waals surface area contributed by atoms with Crippen LogP contribution < -0.4 is 21.3 Å². The smallest absolute Gasteiger partial charge is 0.258 e. The van der Waals surface area contributed by atoms with Crippen molar-refractivity contribution in [1.29, 1.82) is 0 Å². The van der Waals surface area contributed by atoms with Gasteiger partial charge in [-0.15, -0.1) is 11.3 Å². The molecule has 0 aliphatic carbocycles. The van der Waals surface area contributed by atoms with E-state index in [1.165, 1.54) is 23.1 Å². The lowest BCUT2D eigenvalue weighted by molar-refractivity contribution is -0.115. The molecule has 4 N–H and O–H groups in total. The zero-order valence-electron chi connectivity index (χ0n) is 14.1. The van der Waals surface area contributed by atoms with Crippen molar-refractivity contribution in [3.05, 3.63) is 41.3 Å². The number of hydrogen-bond acceptors (Lipinski definition) is 6. The van der Waals surface area contributed by atoms with E-state index < -0.39 is 5.37 Å². The molecule has 0 spiro atoms. The van der Waals surface area contributed by atoms with E-state index >= 15 is 0 Å². The van der Waals surface area contributed by atoms with Gasteiger partial charge >= 0.3 is 0 Å². The van der Waals surface area contributed by atoms with Crippen LogP contribution in [-0.2, 0) is 4.79 Å². The Balaban J connectivity index is 1.39. The first-order valence-corrected chi connectivity index (χ1v) is 10.4. The summed E-state index contributed by atoms with van der Waals surface area (Å²) in [6.07, 6.45) is 1.86. The number of nitrogens with one attached hydrogen (secondary N) is 4. The van der Waals surface area contributed by atoms with Crippen molar-refractivity contribution < 1.29 is 9.59 Å². The average Bonchev–Trinajstić information content (AvgIpc) is 3.29. The maximum atomic E-state index is 12.6. The molecular weight excluding hydrogens is 368 g/mol. The first-order valence-electron chi connectivity index (χ1n) is 8.63. The highest BCUT2D eigenvalue weighted by Crippen LogP contribution is 2.38. The van der Waals surface area contributed by atoms with Crippen molar-refractivity contribution in [3.63, 3.8) is 0 Å². The maximum Gasteiger partial charge on any atom is 0.258 e. The Hall–Kier alpha value is -2.03. The van der Waals surface area contributed by atoms with Gasteiger partial charge in [0.25, 0.3) is 11.8 Å². The van der Waals surface area contributed by atoms with Crippen LogP contribution in [0.4, 0.5) is 10.7 Å². The van der Waals surface area contributed by atoms with Crippen LogP contribution >= 0.6 is 23.1 Å². The van der Waals surface area contributed by atoms with Gasteiger partial charge in [0.15, 0.2) is 5.37 Å². The summed E-state index contributed by atoms with van der Waals surface area (Å²) in [6, 6.07) is 9.79. The number of thiophene rings is 1. The van der Waals surface area contributed by atoms with Crippen LogP contribution in [0.25, 0.3) is 0 Å². The van der Waals surface area contributed by atoms with Gasteiger partial charge in [0.1, 0.15) is 5.00 Å². The molecule has 2 amide bonds. The van der Waals surface area contributed by atoms with E-state index in [4.69, 9.17) is 0 Å². The molecule has 4 rings (SSSR count). The summed E-state index contributed by atoms with van der Waals surface area (Å²) in [5.41, 5.74) is 1.50. The van der Waals surface area contributed by atoms with Crippen molar-refractivity contribution in [3.8, 4) is 0 Å². The molecule has 0 saturated carbocycles. The van der Waals surface area contributed by atoms with Gasteiger partial charge in [0.05, 0.1) is 5.56 Å². The molecule has 1 atom stereocenters. The Labute approximate surface area is 160 Å². The summed E-state index contributed by atoms with van der Waals surface area (Å²) in [7, 11) is 0. The van der Waals surface area contributed by atoms with E-state index in [0.717, 1.165) is 36.5 Å². The van der Waals surface area contributed by atoms with Gasteiger partial charge < -0.3 is 21.3 Å². The van der Waals surface area contributed by atoms with Crippen molar-refractivity contribution in [2.75, 3.05) is 23.7 Å². The number of anilines is 2. The normalized spacial score (nSPS) is 19.5. The molecule has 2 aliphatic rings. The van der Waals surface area contributed by atoms with Gasteiger partial charge in [-0.05, 0) is 49.5 Å². The van der Waals surface area contributed by atoms with Crippen LogP contribution in [0.15, 0.2) is 40.6 Å². The minimum atomic E-state index is -0.394. The number of fused-ring (bicyclic) bond motifs is 1. The second kappa shape index (κ2) is 7.69. The minimum Gasteiger partial charge on any atom is -0.364 e. The zero-order chi connectivity index (χ0) is 17.9. The van der Waals surface area contributed by atoms with E-state index in [-0.39, 0.29) is 17.9 Å². The van der Waals surface area contributed by atoms with Crippen molar-refractivity contribution >= 4 is 45.6 Å². The number of hydrogen-bond donors (Lipinski definition) is 4. The lowest BCUT2D eigenvalue weighted by atomic mass is 10.1. The van der Waals surface area contributed by atoms with Crippen molar-refractivity contribution in [1.82, 2.24) is 10.6 Å². The molecule has 8 heteroatoms. The van der Waals surface area contributed by atoms with E-state index in [2.05, 4.69) is 21.3 Å². The topological polar surface area (TPSA) is 82.3 Å². The fourth-order valence-corrected chi connectivity index (χ4v) is 4.90. The number of benzene rings is 1. The van der Waals surface area contributed by atoms with Crippen LogP contribution in [0.1, 0.15) is 23.2 Å². The summed E-state index contributed by atoms with van der Waals surface area (Å²) in [6.45, 7) is 1.84. The van der Waals surface area contributed by atoms with Gasteiger partial charge in [0, 0.05) is 16.6 Å². The van der Waals surface area contributed by atoms with Gasteiger partial charge in [-0.2, -0.15) is 0 Å². The Morgan fingerprint density at radius 3 is 2.73 bits per heavy atom. The quantitative estimate of drug-likeness (QED) is 0.647. The summed E-state index contributed by atoms with van der Waals surface area (Å²) in [4.78, 5) is 26.3. The van der Waals surface area contributed by atoms with E-state index in [1.54, 1.807) is 6.07 Å². The molecule has 1 saturated heterocycles. The molecule has 2 aromatic rings. The fraction of sp³-hybridized carbons (Fsp3) is 0.333. The second-order valence-electron chi connectivity index (χ2n) is 6.29. The largest absolute Gasteiger partial charge is 0.364 e. The fourth-order valence-electron chi connectivity index (χ4n) is 3.10. The van der Waals surface area contributed by atoms with Crippen LogP contribution in [0.2, 0.25) is 0 Å². The molecule has 0 bridgehead atoms. The third kappa shape index (κ3) is 3.72. The van der Waals surface area contributed by atoms with Gasteiger partial charge in [-0.3, -0.25) is 9.59 Å². The maximum absolute atomic E-state index is 12.6. The van der Waals surface area contributed by atoms with Crippen LogP contribution in [0.3, 0.4) is 0 Å². The molecule has 1 aromatic heterocycles. The van der Waals surface area contributed by atoms with E-state index in [9.17, 15) is 9.59 Å². The highest BCUT2D eigenvalue weighted by atomic mass is 32.2. The molecular formula is C18H20N4O2S2. The summed E-state index contributed by atoms with van der Waals surface area (Å²) in [5, 5.41) is 14.5. The first kappa shape index (κ1) is 17.4. The summed E-state index contributed by atoms with van der Waals surface area (Å²) in [5.74, 6) is -0.270. The van der Waals surface area contributed by atoms with Gasteiger partial charge in [-0.1, -0.05) is 23.9 Å². The first-order chi connectivity index (χ1) is 12.7. The zero-order valence-corrected chi connectivity index (χ0v) is 15.7. The number of thioether (sulfide) groups is 1. The van der Waals surface area contributed by atoms with E-state index in [1.807, 2.05) is 29.6 Å². The molecule has 1 aromatic carbocycles.